The number of aromatic nitrogens is 3. The third-order valence-electron chi connectivity index (χ3n) is 3.12. The fraction of sp³-hybridized carbons (Fsp3) is 0.385. The van der Waals surface area contributed by atoms with Crippen molar-refractivity contribution in [2.24, 2.45) is 0 Å². The Bertz CT molecular complexity index is 596. The van der Waals surface area contributed by atoms with Crippen LogP contribution in [0.3, 0.4) is 0 Å². The molecule has 20 heavy (non-hydrogen) atoms. The van der Waals surface area contributed by atoms with Gasteiger partial charge in [-0.1, -0.05) is 23.2 Å². The van der Waals surface area contributed by atoms with Crippen LogP contribution in [-0.2, 0) is 4.74 Å². The van der Waals surface area contributed by atoms with E-state index in [1.807, 2.05) is 6.20 Å². The molecular formula is C13H14Cl2N4O. The number of nitrogens with zero attached hydrogens (tertiary/aromatic N) is 3. The van der Waals surface area contributed by atoms with Crippen LogP contribution in [0.1, 0.15) is 12.8 Å². The van der Waals surface area contributed by atoms with Crippen LogP contribution in [0.4, 0.5) is 5.69 Å². The highest BCUT2D eigenvalue weighted by molar-refractivity contribution is 6.35. The summed E-state index contributed by atoms with van der Waals surface area (Å²) in [5, 5.41) is 8.63. The molecule has 7 heteroatoms. The van der Waals surface area contributed by atoms with Gasteiger partial charge in [0.2, 0.25) is 0 Å². The van der Waals surface area contributed by atoms with Gasteiger partial charge in [-0.05, 0) is 18.9 Å². The van der Waals surface area contributed by atoms with Crippen molar-refractivity contribution in [1.82, 2.24) is 14.8 Å². The predicted molar refractivity (Wildman–Crippen MR) is 78.8 cm³/mol. The maximum atomic E-state index is 6.12. The van der Waals surface area contributed by atoms with E-state index in [-0.39, 0.29) is 0 Å². The molecule has 3 rings (SSSR count). The Morgan fingerprint density at radius 1 is 1.35 bits per heavy atom. The Kier molecular flexibility index (Phi) is 4.10. The first-order valence-electron chi connectivity index (χ1n) is 6.43. The highest BCUT2D eigenvalue weighted by Gasteiger charge is 2.15. The molecule has 1 fully saturated rings. The molecule has 2 aromatic rings. The lowest BCUT2D eigenvalue weighted by Gasteiger charge is -2.23. The van der Waals surface area contributed by atoms with Gasteiger partial charge in [0.1, 0.15) is 0 Å². The highest BCUT2D eigenvalue weighted by atomic mass is 35.5. The van der Waals surface area contributed by atoms with Crippen molar-refractivity contribution < 1.29 is 4.74 Å². The van der Waals surface area contributed by atoms with Gasteiger partial charge >= 0.3 is 0 Å². The second-order valence-corrected chi connectivity index (χ2v) is 5.53. The molecule has 2 aromatic heterocycles. The zero-order chi connectivity index (χ0) is 13.9. The second kappa shape index (κ2) is 5.99. The average molecular weight is 313 g/mol. The van der Waals surface area contributed by atoms with E-state index in [1.54, 1.807) is 23.1 Å². The van der Waals surface area contributed by atoms with E-state index in [9.17, 15) is 0 Å². The van der Waals surface area contributed by atoms with Crippen LogP contribution in [0.15, 0.2) is 24.7 Å². The van der Waals surface area contributed by atoms with E-state index in [0.717, 1.165) is 31.7 Å². The summed E-state index contributed by atoms with van der Waals surface area (Å²) in [6.07, 6.45) is 7.34. The molecule has 0 amide bonds. The minimum absolute atomic E-state index is 0.329. The van der Waals surface area contributed by atoms with Crippen molar-refractivity contribution >= 4 is 28.9 Å². The number of anilines is 1. The maximum Gasteiger partial charge on any atom is 0.172 e. The minimum Gasteiger partial charge on any atom is -0.379 e. The molecule has 1 saturated heterocycles. The molecule has 1 atom stereocenters. The summed E-state index contributed by atoms with van der Waals surface area (Å²) < 4.78 is 7.07. The third kappa shape index (κ3) is 3.06. The topological polar surface area (TPSA) is 52.0 Å². The zero-order valence-electron chi connectivity index (χ0n) is 10.7. The van der Waals surface area contributed by atoms with E-state index in [2.05, 4.69) is 15.4 Å². The summed E-state index contributed by atoms with van der Waals surface area (Å²) in [5.41, 5.74) is 0.924. The smallest absolute Gasteiger partial charge is 0.172 e. The molecule has 106 valence electrons. The fourth-order valence-electron chi connectivity index (χ4n) is 2.18. The Morgan fingerprint density at radius 3 is 3.00 bits per heavy atom. The summed E-state index contributed by atoms with van der Waals surface area (Å²) in [7, 11) is 0. The molecule has 0 bridgehead atoms. The van der Waals surface area contributed by atoms with E-state index < -0.39 is 0 Å². The molecule has 5 nitrogen and oxygen atoms in total. The first-order chi connectivity index (χ1) is 9.72. The molecule has 1 N–H and O–H groups in total. The van der Waals surface area contributed by atoms with Crippen LogP contribution in [-0.4, -0.2) is 34.0 Å². The van der Waals surface area contributed by atoms with Gasteiger partial charge in [-0.25, -0.2) is 9.67 Å². The van der Waals surface area contributed by atoms with E-state index in [4.69, 9.17) is 27.9 Å². The third-order valence-corrected chi connectivity index (χ3v) is 3.60. The summed E-state index contributed by atoms with van der Waals surface area (Å²) in [5.74, 6) is 0.559. The van der Waals surface area contributed by atoms with Gasteiger partial charge in [0.15, 0.2) is 5.82 Å². The zero-order valence-corrected chi connectivity index (χ0v) is 12.2. The summed E-state index contributed by atoms with van der Waals surface area (Å²) >= 11 is 12.0. The molecule has 0 saturated carbocycles. The molecular weight excluding hydrogens is 299 g/mol. The number of nitrogens with one attached hydrogen (secondary N) is 1. The summed E-state index contributed by atoms with van der Waals surface area (Å²) in [6, 6.07) is 1.98. The van der Waals surface area contributed by atoms with Gasteiger partial charge in [0, 0.05) is 18.8 Å². The van der Waals surface area contributed by atoms with Crippen LogP contribution < -0.4 is 5.32 Å². The lowest BCUT2D eigenvalue weighted by Crippen LogP contribution is -2.29. The number of halogens is 2. The van der Waals surface area contributed by atoms with Crippen LogP contribution in [0.5, 0.6) is 0 Å². The van der Waals surface area contributed by atoms with Gasteiger partial charge in [-0.3, -0.25) is 0 Å². The molecule has 0 aromatic carbocycles. The molecule has 0 unspecified atom stereocenters. The quantitative estimate of drug-likeness (QED) is 0.945. The normalized spacial score (nSPS) is 19.0. The van der Waals surface area contributed by atoms with Gasteiger partial charge in [-0.2, -0.15) is 5.10 Å². The van der Waals surface area contributed by atoms with Crippen molar-refractivity contribution in [3.05, 3.63) is 34.7 Å². The van der Waals surface area contributed by atoms with Crippen molar-refractivity contribution in [2.45, 2.75) is 18.9 Å². The van der Waals surface area contributed by atoms with Gasteiger partial charge in [0.05, 0.1) is 34.7 Å². The second-order valence-electron chi connectivity index (χ2n) is 4.69. The summed E-state index contributed by atoms with van der Waals surface area (Å²) in [6.45, 7) is 1.58. The Hall–Kier alpha value is -1.30. The standard InChI is InChI=1S/C13H14Cl2N4O/c14-9-4-12(15)13(16-5-9)19-7-11(6-17-19)18-10-2-1-3-20-8-10/h4-7,10,18H,1-3,8H2/t10-/m1/s1. The molecule has 0 radical (unpaired) electrons. The van der Waals surface area contributed by atoms with Crippen LogP contribution in [0.25, 0.3) is 5.82 Å². The number of hydrogen-bond acceptors (Lipinski definition) is 4. The summed E-state index contributed by atoms with van der Waals surface area (Å²) in [4.78, 5) is 4.19. The minimum atomic E-state index is 0.329. The molecule has 1 aliphatic rings. The van der Waals surface area contributed by atoms with E-state index in [0.29, 0.717) is 21.9 Å². The largest absolute Gasteiger partial charge is 0.379 e. The molecule has 1 aliphatic heterocycles. The van der Waals surface area contributed by atoms with Gasteiger partial charge in [-0.15, -0.1) is 0 Å². The van der Waals surface area contributed by atoms with Gasteiger partial charge in [0.25, 0.3) is 0 Å². The Morgan fingerprint density at radius 2 is 2.25 bits per heavy atom. The monoisotopic (exact) mass is 312 g/mol. The Balaban J connectivity index is 1.75. The maximum absolute atomic E-state index is 6.12. The van der Waals surface area contributed by atoms with E-state index in [1.165, 1.54) is 0 Å². The number of ether oxygens (including phenoxy) is 1. The first kappa shape index (κ1) is 13.7. The van der Waals surface area contributed by atoms with Gasteiger partial charge < -0.3 is 10.1 Å². The van der Waals surface area contributed by atoms with Crippen molar-refractivity contribution in [1.29, 1.82) is 0 Å². The van der Waals surface area contributed by atoms with E-state index >= 15 is 0 Å². The van der Waals surface area contributed by atoms with Crippen molar-refractivity contribution in [3.63, 3.8) is 0 Å². The van der Waals surface area contributed by atoms with Crippen molar-refractivity contribution in [2.75, 3.05) is 18.5 Å². The lowest BCUT2D eigenvalue weighted by molar-refractivity contribution is 0.0876. The molecule has 0 aliphatic carbocycles. The highest BCUT2D eigenvalue weighted by Crippen LogP contribution is 2.22. The number of hydrogen-bond donors (Lipinski definition) is 1. The molecule has 0 spiro atoms. The SMILES string of the molecule is Clc1cnc(-n2cc(N[C@@H]3CCCOC3)cn2)c(Cl)c1. The van der Waals surface area contributed by atoms with Crippen molar-refractivity contribution in [3.8, 4) is 5.82 Å². The Labute approximate surface area is 126 Å². The fourth-order valence-corrected chi connectivity index (χ4v) is 2.65. The lowest BCUT2D eigenvalue weighted by atomic mass is 10.1. The first-order valence-corrected chi connectivity index (χ1v) is 7.18. The average Bonchev–Trinajstić information content (AvgIpc) is 2.88. The van der Waals surface area contributed by atoms with Crippen LogP contribution in [0, 0.1) is 0 Å². The predicted octanol–water partition coefficient (Wildman–Crippen LogP) is 3.17. The number of rotatable bonds is 3. The number of pyridine rings is 1. The van der Waals surface area contributed by atoms with Crippen LogP contribution in [0.2, 0.25) is 10.0 Å². The molecule has 3 heterocycles. The van der Waals surface area contributed by atoms with Crippen LogP contribution >= 0.6 is 23.2 Å².